The molecular weight excluding hydrogens is 211 g/mol. The molecule has 1 aliphatic rings. The van der Waals surface area contributed by atoms with E-state index in [-0.39, 0.29) is 30.4 Å². The molecule has 0 aliphatic carbocycles. The molecular formula is C8H12Cl2N2O. The van der Waals surface area contributed by atoms with Crippen LogP contribution in [0.25, 0.3) is 0 Å². The molecule has 3 nitrogen and oxygen atoms in total. The van der Waals surface area contributed by atoms with E-state index in [0.717, 1.165) is 5.56 Å². The van der Waals surface area contributed by atoms with E-state index in [9.17, 15) is 0 Å². The number of halogens is 2. The second-order valence-corrected chi connectivity index (χ2v) is 2.89. The number of hydrogen-bond acceptors (Lipinski definition) is 3. The lowest BCUT2D eigenvalue weighted by molar-refractivity contribution is -0.0570. The number of ether oxygens (including phenoxy) is 1. The Morgan fingerprint density at radius 2 is 2.08 bits per heavy atom. The summed E-state index contributed by atoms with van der Waals surface area (Å²) in [6.07, 6.45) is 3.54. The number of nitrogens with zero attached hydrogens (tertiary/aromatic N) is 1. The molecule has 1 fully saturated rings. The molecule has 0 unspecified atom stereocenters. The van der Waals surface area contributed by atoms with Gasteiger partial charge in [0.1, 0.15) is 0 Å². The lowest BCUT2D eigenvalue weighted by atomic mass is 9.91. The van der Waals surface area contributed by atoms with E-state index in [1.807, 2.05) is 12.1 Å². The number of rotatable bonds is 1. The summed E-state index contributed by atoms with van der Waals surface area (Å²) >= 11 is 0. The van der Waals surface area contributed by atoms with Crippen molar-refractivity contribution < 1.29 is 4.74 Å². The predicted molar refractivity (Wildman–Crippen MR) is 55.4 cm³/mol. The Hall–Kier alpha value is -0.350. The van der Waals surface area contributed by atoms with Crippen molar-refractivity contribution in [2.24, 2.45) is 5.73 Å². The van der Waals surface area contributed by atoms with Gasteiger partial charge < -0.3 is 10.5 Å². The van der Waals surface area contributed by atoms with E-state index in [1.54, 1.807) is 12.4 Å². The maximum absolute atomic E-state index is 5.96. The fourth-order valence-corrected chi connectivity index (χ4v) is 1.15. The van der Waals surface area contributed by atoms with Gasteiger partial charge in [-0.15, -0.1) is 24.8 Å². The number of hydrogen-bond donors (Lipinski definition) is 1. The van der Waals surface area contributed by atoms with Crippen molar-refractivity contribution in [2.45, 2.75) is 5.54 Å². The molecule has 2 heterocycles. The predicted octanol–water partition coefficient (Wildman–Crippen LogP) is 1.11. The summed E-state index contributed by atoms with van der Waals surface area (Å²) in [5, 5.41) is 0. The standard InChI is InChI=1S/C8H10N2O.2ClH/c9-8(5-11-6-8)7-2-1-3-10-4-7;;/h1-4H,5-6,9H2;2*1H. The first-order valence-electron chi connectivity index (χ1n) is 3.58. The van der Waals surface area contributed by atoms with Gasteiger partial charge in [0, 0.05) is 12.4 Å². The zero-order chi connectivity index (χ0) is 7.73. The lowest BCUT2D eigenvalue weighted by Crippen LogP contribution is -2.54. The highest BCUT2D eigenvalue weighted by Gasteiger charge is 2.35. The van der Waals surface area contributed by atoms with E-state index in [1.165, 1.54) is 0 Å². The monoisotopic (exact) mass is 222 g/mol. The van der Waals surface area contributed by atoms with Crippen LogP contribution in [0.4, 0.5) is 0 Å². The van der Waals surface area contributed by atoms with Crippen molar-refractivity contribution >= 4 is 24.8 Å². The third-order valence-electron chi connectivity index (χ3n) is 1.96. The van der Waals surface area contributed by atoms with Gasteiger partial charge in [-0.25, -0.2) is 0 Å². The zero-order valence-electron chi connectivity index (χ0n) is 6.97. The molecule has 0 radical (unpaired) electrons. The molecule has 0 spiro atoms. The highest BCUT2D eigenvalue weighted by atomic mass is 35.5. The molecule has 2 N–H and O–H groups in total. The Labute approximate surface area is 89.5 Å². The summed E-state index contributed by atoms with van der Waals surface area (Å²) in [5.74, 6) is 0. The van der Waals surface area contributed by atoms with Crippen LogP contribution in [0.15, 0.2) is 24.5 Å². The van der Waals surface area contributed by atoms with Crippen LogP contribution in [0, 0.1) is 0 Å². The van der Waals surface area contributed by atoms with E-state index in [0.29, 0.717) is 13.2 Å². The van der Waals surface area contributed by atoms with Gasteiger partial charge in [-0.3, -0.25) is 4.98 Å². The minimum atomic E-state index is -0.270. The molecule has 0 amide bonds. The van der Waals surface area contributed by atoms with Gasteiger partial charge in [0.15, 0.2) is 0 Å². The summed E-state index contributed by atoms with van der Waals surface area (Å²) in [6, 6.07) is 3.87. The minimum absolute atomic E-state index is 0. The highest BCUT2D eigenvalue weighted by molar-refractivity contribution is 5.85. The Balaban J connectivity index is 0.000000720. The van der Waals surface area contributed by atoms with Gasteiger partial charge in [-0.2, -0.15) is 0 Å². The first-order chi connectivity index (χ1) is 5.31. The first-order valence-corrected chi connectivity index (χ1v) is 3.58. The van der Waals surface area contributed by atoms with Gasteiger partial charge in [0.05, 0.1) is 18.8 Å². The Morgan fingerprint density at radius 1 is 1.38 bits per heavy atom. The average molecular weight is 223 g/mol. The first kappa shape index (κ1) is 12.7. The van der Waals surface area contributed by atoms with Gasteiger partial charge >= 0.3 is 0 Å². The van der Waals surface area contributed by atoms with Crippen LogP contribution < -0.4 is 5.73 Å². The Bertz CT molecular complexity index is 252. The van der Waals surface area contributed by atoms with Crippen LogP contribution in [0.1, 0.15) is 5.56 Å². The van der Waals surface area contributed by atoms with Crippen LogP contribution in [0.2, 0.25) is 0 Å². The topological polar surface area (TPSA) is 48.1 Å². The molecule has 5 heteroatoms. The van der Waals surface area contributed by atoms with Crippen molar-refractivity contribution in [1.29, 1.82) is 0 Å². The maximum atomic E-state index is 5.96. The molecule has 0 aromatic carbocycles. The van der Waals surface area contributed by atoms with Crippen LogP contribution in [0.5, 0.6) is 0 Å². The Morgan fingerprint density at radius 3 is 2.46 bits per heavy atom. The largest absolute Gasteiger partial charge is 0.377 e. The minimum Gasteiger partial charge on any atom is -0.377 e. The number of pyridine rings is 1. The van der Waals surface area contributed by atoms with Crippen LogP contribution in [-0.4, -0.2) is 18.2 Å². The van der Waals surface area contributed by atoms with Gasteiger partial charge in [-0.05, 0) is 11.6 Å². The molecule has 0 bridgehead atoms. The fraction of sp³-hybridized carbons (Fsp3) is 0.375. The van der Waals surface area contributed by atoms with E-state index in [2.05, 4.69) is 4.98 Å². The van der Waals surface area contributed by atoms with Crippen molar-refractivity contribution in [3.8, 4) is 0 Å². The van der Waals surface area contributed by atoms with Crippen molar-refractivity contribution in [1.82, 2.24) is 4.98 Å². The molecule has 2 rings (SSSR count). The zero-order valence-corrected chi connectivity index (χ0v) is 8.61. The quantitative estimate of drug-likeness (QED) is 0.775. The smallest absolute Gasteiger partial charge is 0.0898 e. The summed E-state index contributed by atoms with van der Waals surface area (Å²) in [6.45, 7) is 1.22. The summed E-state index contributed by atoms with van der Waals surface area (Å²) < 4.78 is 5.04. The number of aromatic nitrogens is 1. The normalized spacial score (nSPS) is 17.6. The molecule has 13 heavy (non-hydrogen) atoms. The van der Waals surface area contributed by atoms with Gasteiger partial charge in [-0.1, -0.05) is 6.07 Å². The molecule has 1 aromatic rings. The van der Waals surface area contributed by atoms with Crippen LogP contribution >= 0.6 is 24.8 Å². The lowest BCUT2D eigenvalue weighted by Gasteiger charge is -2.37. The average Bonchev–Trinajstić information content (AvgIpc) is 2.02. The third-order valence-corrected chi connectivity index (χ3v) is 1.96. The second-order valence-electron chi connectivity index (χ2n) is 2.89. The summed E-state index contributed by atoms with van der Waals surface area (Å²) in [4.78, 5) is 4.00. The van der Waals surface area contributed by atoms with Crippen LogP contribution in [-0.2, 0) is 10.3 Å². The molecule has 0 atom stereocenters. The van der Waals surface area contributed by atoms with Crippen molar-refractivity contribution in [2.75, 3.05) is 13.2 Å². The van der Waals surface area contributed by atoms with Gasteiger partial charge in [0.25, 0.3) is 0 Å². The maximum Gasteiger partial charge on any atom is 0.0898 e. The van der Waals surface area contributed by atoms with E-state index < -0.39 is 0 Å². The number of nitrogens with two attached hydrogens (primary N) is 1. The molecule has 74 valence electrons. The van der Waals surface area contributed by atoms with Crippen molar-refractivity contribution in [3.63, 3.8) is 0 Å². The third kappa shape index (κ3) is 2.31. The molecule has 1 aromatic heterocycles. The molecule has 1 saturated heterocycles. The molecule has 1 aliphatic heterocycles. The Kier molecular flexibility index (Phi) is 4.64. The highest BCUT2D eigenvalue weighted by Crippen LogP contribution is 2.25. The summed E-state index contributed by atoms with van der Waals surface area (Å²) in [7, 11) is 0. The van der Waals surface area contributed by atoms with E-state index >= 15 is 0 Å². The SMILES string of the molecule is Cl.Cl.NC1(c2cccnc2)COC1. The second kappa shape index (κ2) is 4.77. The summed E-state index contributed by atoms with van der Waals surface area (Å²) in [5.41, 5.74) is 6.75. The van der Waals surface area contributed by atoms with E-state index in [4.69, 9.17) is 10.5 Å². The van der Waals surface area contributed by atoms with Crippen LogP contribution in [0.3, 0.4) is 0 Å². The van der Waals surface area contributed by atoms with Crippen molar-refractivity contribution in [3.05, 3.63) is 30.1 Å². The van der Waals surface area contributed by atoms with Gasteiger partial charge in [0.2, 0.25) is 0 Å². The molecule has 0 saturated carbocycles. The fourth-order valence-electron chi connectivity index (χ4n) is 1.15.